The average Bonchev–Trinajstić information content (AvgIpc) is 2.93. The molecule has 0 amide bonds. The van der Waals surface area contributed by atoms with Gasteiger partial charge in [0, 0.05) is 17.5 Å². The molecule has 4 N–H and O–H groups in total. The summed E-state index contributed by atoms with van der Waals surface area (Å²) in [4.78, 5) is 0. The van der Waals surface area contributed by atoms with Gasteiger partial charge in [-0.05, 0) is 30.4 Å². The Hall–Kier alpha value is -2.60. The number of thiocarbonyl (C=S) groups is 1. The lowest BCUT2D eigenvalue weighted by Gasteiger charge is -2.22. The fourth-order valence-electron chi connectivity index (χ4n) is 2.61. The number of phenols is 2. The largest absolute Gasteiger partial charge is 0.508 e. The lowest BCUT2D eigenvalue weighted by atomic mass is 9.97. The summed E-state index contributed by atoms with van der Waals surface area (Å²) in [6.45, 7) is 0. The van der Waals surface area contributed by atoms with Gasteiger partial charge in [-0.3, -0.25) is 0 Å². The van der Waals surface area contributed by atoms with E-state index in [0.717, 1.165) is 0 Å². The standard InChI is InChI=1S/C16H15N3O2S/c17-16(22)19-13(11-6-2-4-8-15(11)21)9-12(18-19)10-5-1-3-7-14(10)20/h1-8,13,20-21H,9H2,(H2,17,22). The third kappa shape index (κ3) is 2.48. The zero-order valence-electron chi connectivity index (χ0n) is 11.7. The lowest BCUT2D eigenvalue weighted by Crippen LogP contribution is -2.31. The monoisotopic (exact) mass is 313 g/mol. The summed E-state index contributed by atoms with van der Waals surface area (Å²) in [5, 5.41) is 26.1. The first-order chi connectivity index (χ1) is 10.6. The summed E-state index contributed by atoms with van der Waals surface area (Å²) >= 11 is 5.06. The Morgan fingerprint density at radius 3 is 2.36 bits per heavy atom. The summed E-state index contributed by atoms with van der Waals surface area (Å²) in [6, 6.07) is 13.7. The molecule has 0 saturated heterocycles. The van der Waals surface area contributed by atoms with Gasteiger partial charge < -0.3 is 15.9 Å². The molecule has 0 spiro atoms. The highest BCUT2D eigenvalue weighted by atomic mass is 32.1. The van der Waals surface area contributed by atoms with Crippen molar-refractivity contribution in [2.24, 2.45) is 10.8 Å². The molecule has 0 fully saturated rings. The summed E-state index contributed by atoms with van der Waals surface area (Å²) in [5.74, 6) is 0.324. The van der Waals surface area contributed by atoms with Crippen LogP contribution in [0.2, 0.25) is 0 Å². The highest BCUT2D eigenvalue weighted by Gasteiger charge is 2.32. The molecule has 112 valence electrons. The third-order valence-electron chi connectivity index (χ3n) is 3.65. The number of phenolic OH excluding ortho intramolecular Hbond substituents is 2. The molecule has 0 aliphatic carbocycles. The number of hydrazone groups is 1. The van der Waals surface area contributed by atoms with Crippen molar-refractivity contribution in [3.05, 3.63) is 59.7 Å². The first kappa shape index (κ1) is 14.3. The second-order valence-electron chi connectivity index (χ2n) is 5.03. The molecule has 2 aromatic carbocycles. The van der Waals surface area contributed by atoms with Crippen LogP contribution in [0.3, 0.4) is 0 Å². The van der Waals surface area contributed by atoms with Gasteiger partial charge in [-0.25, -0.2) is 5.01 Å². The molecule has 1 aliphatic rings. The van der Waals surface area contributed by atoms with Crippen molar-refractivity contribution in [2.75, 3.05) is 0 Å². The van der Waals surface area contributed by atoms with E-state index < -0.39 is 0 Å². The van der Waals surface area contributed by atoms with E-state index in [1.54, 1.807) is 30.3 Å². The maximum Gasteiger partial charge on any atom is 0.187 e. The predicted molar refractivity (Wildman–Crippen MR) is 88.7 cm³/mol. The van der Waals surface area contributed by atoms with Gasteiger partial charge in [0.05, 0.1) is 11.8 Å². The van der Waals surface area contributed by atoms with E-state index in [4.69, 9.17) is 18.0 Å². The van der Waals surface area contributed by atoms with Gasteiger partial charge in [0.2, 0.25) is 0 Å². The van der Waals surface area contributed by atoms with Crippen LogP contribution in [0.1, 0.15) is 23.6 Å². The van der Waals surface area contributed by atoms with E-state index in [0.29, 0.717) is 23.3 Å². The second kappa shape index (κ2) is 5.65. The van der Waals surface area contributed by atoms with Crippen LogP contribution >= 0.6 is 12.2 Å². The van der Waals surface area contributed by atoms with Crippen molar-refractivity contribution in [1.29, 1.82) is 0 Å². The molecule has 6 heteroatoms. The van der Waals surface area contributed by atoms with Gasteiger partial charge in [-0.15, -0.1) is 0 Å². The minimum atomic E-state index is -0.284. The lowest BCUT2D eigenvalue weighted by molar-refractivity contribution is 0.357. The molecule has 0 aromatic heterocycles. The van der Waals surface area contributed by atoms with Crippen LogP contribution < -0.4 is 5.73 Å². The normalized spacial score (nSPS) is 17.4. The molecule has 1 unspecified atom stereocenters. The van der Waals surface area contributed by atoms with Crippen LogP contribution in [0.4, 0.5) is 0 Å². The highest BCUT2D eigenvalue weighted by molar-refractivity contribution is 7.80. The molecule has 0 radical (unpaired) electrons. The number of rotatable bonds is 2. The number of hydrogen-bond acceptors (Lipinski definition) is 4. The van der Waals surface area contributed by atoms with Crippen molar-refractivity contribution < 1.29 is 10.2 Å². The zero-order valence-corrected chi connectivity index (χ0v) is 12.5. The van der Waals surface area contributed by atoms with Crippen molar-refractivity contribution in [3.63, 3.8) is 0 Å². The quantitative estimate of drug-likeness (QED) is 0.742. The van der Waals surface area contributed by atoms with Crippen molar-refractivity contribution >= 4 is 23.0 Å². The molecule has 22 heavy (non-hydrogen) atoms. The number of nitrogens with two attached hydrogens (primary N) is 1. The molecule has 0 saturated carbocycles. The Morgan fingerprint density at radius 2 is 1.73 bits per heavy atom. The van der Waals surface area contributed by atoms with Gasteiger partial charge >= 0.3 is 0 Å². The molecular formula is C16H15N3O2S. The van der Waals surface area contributed by atoms with E-state index in [2.05, 4.69) is 5.10 Å². The average molecular weight is 313 g/mol. The summed E-state index contributed by atoms with van der Waals surface area (Å²) in [6.07, 6.45) is 0.493. The second-order valence-corrected chi connectivity index (χ2v) is 5.44. The number of hydrogen-bond donors (Lipinski definition) is 3. The molecule has 1 aliphatic heterocycles. The topological polar surface area (TPSA) is 82.1 Å². The number of benzene rings is 2. The predicted octanol–water partition coefficient (Wildman–Crippen LogP) is 2.49. The van der Waals surface area contributed by atoms with Crippen molar-refractivity contribution in [3.8, 4) is 11.5 Å². The van der Waals surface area contributed by atoms with Crippen LogP contribution in [-0.4, -0.2) is 26.0 Å². The maximum absolute atomic E-state index is 10.1. The first-order valence-electron chi connectivity index (χ1n) is 6.80. The van der Waals surface area contributed by atoms with E-state index in [1.807, 2.05) is 18.2 Å². The van der Waals surface area contributed by atoms with Crippen molar-refractivity contribution in [1.82, 2.24) is 5.01 Å². The fourth-order valence-corrected chi connectivity index (χ4v) is 2.77. The van der Waals surface area contributed by atoms with Crippen LogP contribution in [0.25, 0.3) is 0 Å². The van der Waals surface area contributed by atoms with E-state index in [-0.39, 0.29) is 22.7 Å². The summed E-state index contributed by atoms with van der Waals surface area (Å²) in [7, 11) is 0. The van der Waals surface area contributed by atoms with Crippen molar-refractivity contribution in [2.45, 2.75) is 12.5 Å². The van der Waals surface area contributed by atoms with E-state index >= 15 is 0 Å². The molecule has 0 bridgehead atoms. The first-order valence-corrected chi connectivity index (χ1v) is 7.21. The summed E-state index contributed by atoms with van der Waals surface area (Å²) < 4.78 is 0. The van der Waals surface area contributed by atoms with Crippen LogP contribution in [-0.2, 0) is 0 Å². The molecule has 2 aromatic rings. The molecule has 1 heterocycles. The van der Waals surface area contributed by atoms with Gasteiger partial charge in [0.1, 0.15) is 11.5 Å². The number of para-hydroxylation sites is 2. The SMILES string of the molecule is NC(=S)N1N=C(c2ccccc2O)CC1c1ccccc1O. The van der Waals surface area contributed by atoms with E-state index in [1.165, 1.54) is 5.01 Å². The molecule has 5 nitrogen and oxygen atoms in total. The minimum absolute atomic E-state index is 0.124. The number of nitrogens with zero attached hydrogens (tertiary/aromatic N) is 2. The van der Waals surface area contributed by atoms with Gasteiger partial charge in [-0.1, -0.05) is 30.3 Å². The Morgan fingerprint density at radius 1 is 1.09 bits per heavy atom. The summed E-state index contributed by atoms with van der Waals surface area (Å²) in [5.41, 5.74) is 7.78. The molecule has 1 atom stereocenters. The van der Waals surface area contributed by atoms with Gasteiger partial charge in [0.15, 0.2) is 5.11 Å². The Kier molecular flexibility index (Phi) is 3.68. The van der Waals surface area contributed by atoms with E-state index in [9.17, 15) is 10.2 Å². The fraction of sp³-hybridized carbons (Fsp3) is 0.125. The maximum atomic E-state index is 10.1. The Labute approximate surface area is 133 Å². The van der Waals surface area contributed by atoms with Crippen LogP contribution in [0.15, 0.2) is 53.6 Å². The smallest absolute Gasteiger partial charge is 0.187 e. The Bertz CT molecular complexity index is 761. The third-order valence-corrected chi connectivity index (χ3v) is 3.83. The highest BCUT2D eigenvalue weighted by Crippen LogP contribution is 2.37. The van der Waals surface area contributed by atoms with Crippen LogP contribution in [0.5, 0.6) is 11.5 Å². The number of aromatic hydroxyl groups is 2. The van der Waals surface area contributed by atoms with Gasteiger partial charge in [0.25, 0.3) is 0 Å². The molecule has 3 rings (SSSR count). The zero-order chi connectivity index (χ0) is 15.7. The molecular weight excluding hydrogens is 298 g/mol. The van der Waals surface area contributed by atoms with Gasteiger partial charge in [-0.2, -0.15) is 5.10 Å². The minimum Gasteiger partial charge on any atom is -0.508 e. The van der Waals surface area contributed by atoms with Crippen LogP contribution in [0, 0.1) is 0 Å². The Balaban J connectivity index is 2.01.